The maximum Gasteiger partial charge on any atom is 0.263 e. The van der Waals surface area contributed by atoms with E-state index in [9.17, 15) is 8.42 Å². The Morgan fingerprint density at radius 3 is 2.20 bits per heavy atom. The van der Waals surface area contributed by atoms with Gasteiger partial charge in [0.1, 0.15) is 11.6 Å². The third kappa shape index (κ3) is 4.27. The summed E-state index contributed by atoms with van der Waals surface area (Å²) in [7, 11) is -2.17. The predicted molar refractivity (Wildman–Crippen MR) is 97.8 cm³/mol. The number of anilines is 3. The number of rotatable bonds is 6. The van der Waals surface area contributed by atoms with Crippen LogP contribution in [0.1, 0.15) is 0 Å². The fourth-order valence-corrected chi connectivity index (χ4v) is 3.18. The monoisotopic (exact) mass is 355 g/mol. The van der Waals surface area contributed by atoms with E-state index in [1.165, 1.54) is 19.2 Å². The van der Waals surface area contributed by atoms with E-state index < -0.39 is 10.0 Å². The van der Waals surface area contributed by atoms with Crippen molar-refractivity contribution in [2.45, 2.75) is 4.90 Å². The van der Waals surface area contributed by atoms with Crippen molar-refractivity contribution in [3.8, 4) is 5.75 Å². The summed E-state index contributed by atoms with van der Waals surface area (Å²) in [5.74, 6) is 0.836. The third-order valence-corrected chi connectivity index (χ3v) is 4.81. The van der Waals surface area contributed by atoms with Crippen LogP contribution < -0.4 is 14.8 Å². The number of nitrogens with one attached hydrogen (secondary N) is 2. The van der Waals surface area contributed by atoms with Crippen LogP contribution >= 0.6 is 0 Å². The zero-order valence-electron chi connectivity index (χ0n) is 13.5. The highest BCUT2D eigenvalue weighted by Gasteiger charge is 2.14. The molecular formula is C18H17N3O3S. The molecule has 0 aliphatic rings. The molecule has 1 heterocycles. The Morgan fingerprint density at radius 1 is 0.880 bits per heavy atom. The van der Waals surface area contributed by atoms with Crippen molar-refractivity contribution in [1.82, 2.24) is 4.98 Å². The first-order valence-electron chi connectivity index (χ1n) is 7.52. The molecule has 0 saturated carbocycles. The average molecular weight is 355 g/mol. The third-order valence-electron chi connectivity index (χ3n) is 3.43. The second-order valence-corrected chi connectivity index (χ2v) is 6.89. The second-order valence-electron chi connectivity index (χ2n) is 5.20. The molecule has 0 aliphatic carbocycles. The normalized spacial score (nSPS) is 10.9. The first-order valence-corrected chi connectivity index (χ1v) is 9.00. The van der Waals surface area contributed by atoms with Gasteiger partial charge in [-0.1, -0.05) is 18.2 Å². The van der Waals surface area contributed by atoms with Crippen molar-refractivity contribution in [3.05, 3.63) is 72.9 Å². The van der Waals surface area contributed by atoms with Gasteiger partial charge >= 0.3 is 0 Å². The van der Waals surface area contributed by atoms with Crippen LogP contribution in [0.2, 0.25) is 0 Å². The minimum absolute atomic E-state index is 0.140. The zero-order valence-corrected chi connectivity index (χ0v) is 14.3. The van der Waals surface area contributed by atoms with Crippen LogP contribution in [-0.2, 0) is 10.0 Å². The van der Waals surface area contributed by atoms with E-state index in [1.54, 1.807) is 30.5 Å². The first-order chi connectivity index (χ1) is 12.1. The highest BCUT2D eigenvalue weighted by molar-refractivity contribution is 7.92. The summed E-state index contributed by atoms with van der Waals surface area (Å²) in [5, 5.41) is 3.18. The molecule has 25 heavy (non-hydrogen) atoms. The Labute approximate surface area is 146 Å². The first kappa shape index (κ1) is 16.8. The van der Waals surface area contributed by atoms with Gasteiger partial charge in [-0.2, -0.15) is 0 Å². The van der Waals surface area contributed by atoms with Gasteiger partial charge in [0.05, 0.1) is 23.9 Å². The van der Waals surface area contributed by atoms with Crippen molar-refractivity contribution in [1.29, 1.82) is 0 Å². The van der Waals surface area contributed by atoms with Gasteiger partial charge in [0, 0.05) is 5.69 Å². The van der Waals surface area contributed by atoms with Gasteiger partial charge < -0.3 is 10.1 Å². The van der Waals surface area contributed by atoms with Gasteiger partial charge in [-0.05, 0) is 48.5 Å². The number of pyridine rings is 1. The second kappa shape index (κ2) is 7.23. The molecule has 0 bridgehead atoms. The molecule has 2 N–H and O–H groups in total. The molecule has 0 fully saturated rings. The van der Waals surface area contributed by atoms with Crippen LogP contribution in [0.3, 0.4) is 0 Å². The maximum absolute atomic E-state index is 12.4. The van der Waals surface area contributed by atoms with Crippen molar-refractivity contribution >= 4 is 27.2 Å². The summed E-state index contributed by atoms with van der Waals surface area (Å²) in [5.41, 5.74) is 1.69. The largest absolute Gasteiger partial charge is 0.497 e. The standard InChI is InChI=1S/C18H17N3O3S/c1-24-16-8-10-17(11-9-16)25(22,23)21-18-12-7-15(13-19-18)20-14-5-3-2-4-6-14/h2-13,20H,1H3,(H,19,21). The van der Waals surface area contributed by atoms with Gasteiger partial charge in [0.2, 0.25) is 0 Å². The van der Waals surface area contributed by atoms with Crippen LogP contribution in [0.15, 0.2) is 77.8 Å². The quantitative estimate of drug-likeness (QED) is 0.706. The number of ether oxygens (including phenoxy) is 1. The van der Waals surface area contributed by atoms with E-state index in [0.717, 1.165) is 11.4 Å². The van der Waals surface area contributed by atoms with E-state index in [1.807, 2.05) is 30.3 Å². The summed E-state index contributed by atoms with van der Waals surface area (Å²) < 4.78 is 32.2. The zero-order chi connectivity index (χ0) is 17.7. The van der Waals surface area contributed by atoms with Crippen molar-refractivity contribution in [2.75, 3.05) is 17.1 Å². The van der Waals surface area contributed by atoms with Gasteiger partial charge in [-0.15, -0.1) is 0 Å². The number of aromatic nitrogens is 1. The minimum Gasteiger partial charge on any atom is -0.497 e. The predicted octanol–water partition coefficient (Wildman–Crippen LogP) is 3.63. The molecular weight excluding hydrogens is 338 g/mol. The molecule has 0 unspecified atom stereocenters. The maximum atomic E-state index is 12.4. The highest BCUT2D eigenvalue weighted by atomic mass is 32.2. The highest BCUT2D eigenvalue weighted by Crippen LogP contribution is 2.20. The Hall–Kier alpha value is -3.06. The van der Waals surface area contributed by atoms with Gasteiger partial charge in [-0.25, -0.2) is 13.4 Å². The fourth-order valence-electron chi connectivity index (χ4n) is 2.17. The molecule has 128 valence electrons. The SMILES string of the molecule is COc1ccc(S(=O)(=O)Nc2ccc(Nc3ccccc3)cn2)cc1. The Bertz CT molecular complexity index is 926. The lowest BCUT2D eigenvalue weighted by molar-refractivity contribution is 0.414. The number of sulfonamides is 1. The van der Waals surface area contributed by atoms with Crippen molar-refractivity contribution in [3.63, 3.8) is 0 Å². The van der Waals surface area contributed by atoms with Gasteiger partial charge in [0.15, 0.2) is 0 Å². The van der Waals surface area contributed by atoms with Crippen molar-refractivity contribution < 1.29 is 13.2 Å². The molecule has 0 atom stereocenters. The summed E-state index contributed by atoms with van der Waals surface area (Å²) in [6, 6.07) is 19.1. The lowest BCUT2D eigenvalue weighted by Gasteiger charge is -2.09. The Balaban J connectivity index is 1.71. The van der Waals surface area contributed by atoms with E-state index in [4.69, 9.17) is 4.74 Å². The molecule has 7 heteroatoms. The topological polar surface area (TPSA) is 80.3 Å². The molecule has 0 aliphatic heterocycles. The van der Waals surface area contributed by atoms with Crippen LogP contribution in [0.4, 0.5) is 17.2 Å². The van der Waals surface area contributed by atoms with Crippen LogP contribution in [0.5, 0.6) is 5.75 Å². The number of methoxy groups -OCH3 is 1. The lowest BCUT2D eigenvalue weighted by Crippen LogP contribution is -2.13. The summed E-state index contributed by atoms with van der Waals surface area (Å²) in [6.07, 6.45) is 1.57. The number of hydrogen-bond acceptors (Lipinski definition) is 5. The number of para-hydroxylation sites is 1. The fraction of sp³-hybridized carbons (Fsp3) is 0.0556. The van der Waals surface area contributed by atoms with Gasteiger partial charge in [-0.3, -0.25) is 4.72 Å². The lowest BCUT2D eigenvalue weighted by atomic mass is 10.3. The molecule has 2 aromatic carbocycles. The van der Waals surface area contributed by atoms with Crippen LogP contribution in [0.25, 0.3) is 0 Å². The van der Waals surface area contributed by atoms with E-state index in [0.29, 0.717) is 5.75 Å². The molecule has 1 aromatic heterocycles. The number of hydrogen-bond donors (Lipinski definition) is 2. The summed E-state index contributed by atoms with van der Waals surface area (Å²) in [6.45, 7) is 0. The number of nitrogens with zero attached hydrogens (tertiary/aromatic N) is 1. The minimum atomic E-state index is -3.70. The molecule has 3 aromatic rings. The van der Waals surface area contributed by atoms with Gasteiger partial charge in [0.25, 0.3) is 10.0 Å². The summed E-state index contributed by atoms with van der Waals surface area (Å²) >= 11 is 0. The molecule has 0 radical (unpaired) electrons. The van der Waals surface area contributed by atoms with E-state index >= 15 is 0 Å². The smallest absolute Gasteiger partial charge is 0.263 e. The molecule has 0 amide bonds. The van der Waals surface area contributed by atoms with Crippen LogP contribution in [0, 0.1) is 0 Å². The molecule has 0 saturated heterocycles. The summed E-state index contributed by atoms with van der Waals surface area (Å²) in [4.78, 5) is 4.28. The number of benzene rings is 2. The van der Waals surface area contributed by atoms with Crippen LogP contribution in [-0.4, -0.2) is 20.5 Å². The Kier molecular flexibility index (Phi) is 4.85. The van der Waals surface area contributed by atoms with E-state index in [-0.39, 0.29) is 10.7 Å². The molecule has 0 spiro atoms. The molecule has 3 rings (SSSR count). The van der Waals surface area contributed by atoms with Crippen molar-refractivity contribution in [2.24, 2.45) is 0 Å². The Morgan fingerprint density at radius 2 is 1.60 bits per heavy atom. The molecule has 6 nitrogen and oxygen atoms in total. The average Bonchev–Trinajstić information content (AvgIpc) is 2.64. The van der Waals surface area contributed by atoms with E-state index in [2.05, 4.69) is 15.0 Å².